The van der Waals surface area contributed by atoms with Crippen LogP contribution in [0.2, 0.25) is 0 Å². The summed E-state index contributed by atoms with van der Waals surface area (Å²) in [7, 11) is 0. The summed E-state index contributed by atoms with van der Waals surface area (Å²) >= 11 is 0. The molecular weight excluding hydrogens is 421 g/mol. The lowest BCUT2D eigenvalue weighted by molar-refractivity contribution is -0.137. The van der Waals surface area contributed by atoms with Crippen molar-refractivity contribution < 1.29 is 22.8 Å². The molecule has 1 saturated carbocycles. The van der Waals surface area contributed by atoms with Crippen LogP contribution in [0.5, 0.6) is 0 Å². The molecule has 176 valence electrons. The molecule has 0 unspecified atom stereocenters. The third kappa shape index (κ3) is 4.58. The van der Waals surface area contributed by atoms with E-state index in [1.54, 1.807) is 4.90 Å². The summed E-state index contributed by atoms with van der Waals surface area (Å²) in [5.74, 6) is 0.993. The molecule has 2 aliphatic heterocycles. The SMILES string of the molecule is CC[C@@H](C)[C@@H]1NC2(CCN(C(=O)Nc3ccc(C(F)(F)F)cc3)CC2)N(CC2CC2)C1=O. The Balaban J connectivity index is 1.39. The lowest BCUT2D eigenvalue weighted by Crippen LogP contribution is -2.60. The lowest BCUT2D eigenvalue weighted by atomic mass is 9.95. The third-order valence-corrected chi connectivity index (χ3v) is 7.16. The summed E-state index contributed by atoms with van der Waals surface area (Å²) in [6, 6.07) is 3.91. The summed E-state index contributed by atoms with van der Waals surface area (Å²) in [5.41, 5.74) is -0.845. The number of alkyl halides is 3. The standard InChI is InChI=1S/C23H31F3N4O2/c1-3-15(2)19-20(31)30(14-16-4-5-16)22(28-19)10-12-29(13-11-22)21(32)27-18-8-6-17(7-9-18)23(24,25)26/h6-9,15-16,19,28H,3-5,10-14H2,1-2H3,(H,27,32)/t15-,19+/m1/s1. The number of carbonyl (C=O) groups excluding carboxylic acids is 2. The second kappa shape index (κ2) is 8.57. The summed E-state index contributed by atoms with van der Waals surface area (Å²) in [5, 5.41) is 6.32. The maximum Gasteiger partial charge on any atom is 0.416 e. The van der Waals surface area contributed by atoms with E-state index in [1.807, 2.05) is 4.90 Å². The number of nitrogens with one attached hydrogen (secondary N) is 2. The van der Waals surface area contributed by atoms with Crippen LogP contribution in [0.4, 0.5) is 23.7 Å². The number of piperidine rings is 1. The van der Waals surface area contributed by atoms with Crippen LogP contribution >= 0.6 is 0 Å². The smallest absolute Gasteiger partial charge is 0.324 e. The summed E-state index contributed by atoms with van der Waals surface area (Å²) in [6.45, 7) is 5.90. The van der Waals surface area contributed by atoms with E-state index in [-0.39, 0.29) is 23.9 Å². The van der Waals surface area contributed by atoms with Gasteiger partial charge in [0.2, 0.25) is 5.91 Å². The van der Waals surface area contributed by atoms with Crippen molar-refractivity contribution in [1.82, 2.24) is 15.1 Å². The zero-order valence-electron chi connectivity index (χ0n) is 18.5. The minimum absolute atomic E-state index is 0.175. The zero-order chi connectivity index (χ0) is 23.1. The highest BCUT2D eigenvalue weighted by molar-refractivity contribution is 5.89. The number of carbonyl (C=O) groups is 2. The Morgan fingerprint density at radius 3 is 2.38 bits per heavy atom. The number of urea groups is 1. The first kappa shape index (κ1) is 22.9. The summed E-state index contributed by atoms with van der Waals surface area (Å²) < 4.78 is 38.2. The van der Waals surface area contributed by atoms with E-state index in [1.165, 1.54) is 12.1 Å². The van der Waals surface area contributed by atoms with E-state index in [2.05, 4.69) is 24.5 Å². The third-order valence-electron chi connectivity index (χ3n) is 7.16. The van der Waals surface area contributed by atoms with Gasteiger partial charge in [0.15, 0.2) is 0 Å². The molecule has 6 nitrogen and oxygen atoms in total. The molecule has 2 N–H and O–H groups in total. The fourth-order valence-corrected chi connectivity index (χ4v) is 4.69. The molecule has 0 radical (unpaired) electrons. The molecule has 1 spiro atoms. The van der Waals surface area contributed by atoms with E-state index in [9.17, 15) is 22.8 Å². The van der Waals surface area contributed by atoms with E-state index >= 15 is 0 Å². The quantitative estimate of drug-likeness (QED) is 0.701. The largest absolute Gasteiger partial charge is 0.416 e. The van der Waals surface area contributed by atoms with Crippen LogP contribution in [0.25, 0.3) is 0 Å². The average molecular weight is 453 g/mol. The van der Waals surface area contributed by atoms with Crippen LogP contribution in [-0.2, 0) is 11.0 Å². The molecule has 9 heteroatoms. The Labute approximate surface area is 186 Å². The van der Waals surface area contributed by atoms with Crippen LogP contribution < -0.4 is 10.6 Å². The number of halogens is 3. The van der Waals surface area contributed by atoms with Gasteiger partial charge in [-0.15, -0.1) is 0 Å². The molecule has 3 aliphatic rings. The van der Waals surface area contributed by atoms with Crippen LogP contribution in [-0.4, -0.2) is 53.1 Å². The van der Waals surface area contributed by atoms with Crippen LogP contribution in [0.3, 0.4) is 0 Å². The summed E-state index contributed by atoms with van der Waals surface area (Å²) in [6.07, 6.45) is 0.107. The van der Waals surface area contributed by atoms with Crippen molar-refractivity contribution in [2.24, 2.45) is 11.8 Å². The molecule has 1 aromatic rings. The number of hydrogen-bond donors (Lipinski definition) is 2. The fourth-order valence-electron chi connectivity index (χ4n) is 4.69. The molecule has 0 aromatic heterocycles. The summed E-state index contributed by atoms with van der Waals surface area (Å²) in [4.78, 5) is 29.6. The van der Waals surface area contributed by atoms with E-state index in [4.69, 9.17) is 0 Å². The van der Waals surface area contributed by atoms with Crippen molar-refractivity contribution in [3.8, 4) is 0 Å². The van der Waals surface area contributed by atoms with Crippen molar-refractivity contribution in [3.63, 3.8) is 0 Å². The first-order valence-corrected chi connectivity index (χ1v) is 11.5. The number of amides is 3. The number of rotatable bonds is 5. The number of hydrogen-bond acceptors (Lipinski definition) is 3. The Bertz CT molecular complexity index is 846. The molecule has 3 fully saturated rings. The molecule has 32 heavy (non-hydrogen) atoms. The van der Waals surface area contributed by atoms with Gasteiger partial charge in [-0.25, -0.2) is 4.79 Å². The van der Waals surface area contributed by atoms with Gasteiger partial charge in [0.05, 0.1) is 17.3 Å². The zero-order valence-corrected chi connectivity index (χ0v) is 18.5. The number of nitrogens with zero attached hydrogens (tertiary/aromatic N) is 2. The average Bonchev–Trinajstić information content (AvgIpc) is 3.55. The fraction of sp³-hybridized carbons (Fsp3) is 0.652. The van der Waals surface area contributed by atoms with Crippen LogP contribution in [0.1, 0.15) is 51.5 Å². The second-order valence-electron chi connectivity index (χ2n) is 9.42. The molecule has 2 atom stereocenters. The molecule has 0 bridgehead atoms. The number of likely N-dealkylation sites (tertiary alicyclic amines) is 1. The predicted molar refractivity (Wildman–Crippen MR) is 115 cm³/mol. The molecule has 1 aliphatic carbocycles. The van der Waals surface area contributed by atoms with E-state index in [0.29, 0.717) is 37.5 Å². The van der Waals surface area contributed by atoms with Gasteiger partial charge in [0.1, 0.15) is 0 Å². The molecule has 4 rings (SSSR count). The highest BCUT2D eigenvalue weighted by Crippen LogP contribution is 2.39. The maximum atomic E-state index is 13.2. The molecule has 3 amide bonds. The van der Waals surface area contributed by atoms with E-state index < -0.39 is 17.4 Å². The van der Waals surface area contributed by atoms with Crippen molar-refractivity contribution in [3.05, 3.63) is 29.8 Å². The molecule has 2 saturated heterocycles. The highest BCUT2D eigenvalue weighted by atomic mass is 19.4. The van der Waals surface area contributed by atoms with Crippen molar-refractivity contribution in [2.75, 3.05) is 25.0 Å². The van der Waals surface area contributed by atoms with Crippen molar-refractivity contribution >= 4 is 17.6 Å². The predicted octanol–water partition coefficient (Wildman–Crippen LogP) is 4.29. The minimum atomic E-state index is -4.41. The van der Waals surface area contributed by atoms with Gasteiger partial charge < -0.3 is 15.1 Å². The Kier molecular flexibility index (Phi) is 6.13. The highest BCUT2D eigenvalue weighted by Gasteiger charge is 2.53. The van der Waals surface area contributed by atoms with Crippen molar-refractivity contribution in [1.29, 1.82) is 0 Å². The van der Waals surface area contributed by atoms with Gasteiger partial charge in [0.25, 0.3) is 0 Å². The van der Waals surface area contributed by atoms with Crippen molar-refractivity contribution in [2.45, 2.75) is 63.8 Å². The van der Waals surface area contributed by atoms with Gasteiger partial charge in [-0.05, 0) is 48.9 Å². The minimum Gasteiger partial charge on any atom is -0.324 e. The number of anilines is 1. The normalized spacial score (nSPS) is 24.2. The maximum absolute atomic E-state index is 13.2. The van der Waals surface area contributed by atoms with Crippen LogP contribution in [0, 0.1) is 11.8 Å². The van der Waals surface area contributed by atoms with Gasteiger partial charge >= 0.3 is 12.2 Å². The van der Waals surface area contributed by atoms with Gasteiger partial charge in [-0.3, -0.25) is 10.1 Å². The van der Waals surface area contributed by atoms with Gasteiger partial charge in [-0.2, -0.15) is 13.2 Å². The molecular formula is C23H31F3N4O2. The molecule has 2 heterocycles. The lowest BCUT2D eigenvalue weighted by Gasteiger charge is -2.44. The number of benzene rings is 1. The second-order valence-corrected chi connectivity index (χ2v) is 9.42. The topological polar surface area (TPSA) is 64.7 Å². The molecule has 1 aromatic carbocycles. The monoisotopic (exact) mass is 452 g/mol. The Morgan fingerprint density at radius 1 is 1.22 bits per heavy atom. The Morgan fingerprint density at radius 2 is 1.84 bits per heavy atom. The Hall–Kier alpha value is -2.29. The first-order valence-electron chi connectivity index (χ1n) is 11.5. The van der Waals surface area contributed by atoms with Gasteiger partial charge in [0, 0.05) is 38.2 Å². The first-order chi connectivity index (χ1) is 15.1. The van der Waals surface area contributed by atoms with E-state index in [0.717, 1.165) is 37.9 Å². The van der Waals surface area contributed by atoms with Gasteiger partial charge in [-0.1, -0.05) is 20.3 Å². The van der Waals surface area contributed by atoms with Crippen LogP contribution in [0.15, 0.2) is 24.3 Å².